The van der Waals surface area contributed by atoms with E-state index in [1.54, 1.807) is 7.11 Å². The third kappa shape index (κ3) is 5.63. The number of likely N-dealkylation sites (tertiary alicyclic amines) is 1. The molecule has 2 atom stereocenters. The number of amides is 1. The molecule has 1 N–H and O–H groups in total. The molecule has 1 aromatic carbocycles. The second-order valence-electron chi connectivity index (χ2n) is 7.70. The number of methoxy groups -OCH3 is 1. The van der Waals surface area contributed by atoms with Gasteiger partial charge in [-0.1, -0.05) is 18.2 Å². The molecule has 0 radical (unpaired) electrons. The maximum absolute atomic E-state index is 12.5. The number of ether oxygens (including phenoxy) is 2. The molecule has 1 saturated heterocycles. The molecule has 1 aromatic rings. The Kier molecular flexibility index (Phi) is 6.71. The number of rotatable bonds is 5. The van der Waals surface area contributed by atoms with Crippen molar-refractivity contribution in [2.24, 2.45) is 0 Å². The number of benzene rings is 1. The predicted molar refractivity (Wildman–Crippen MR) is 100.0 cm³/mol. The van der Waals surface area contributed by atoms with Crippen LogP contribution in [-0.4, -0.2) is 42.8 Å². The van der Waals surface area contributed by atoms with Crippen molar-refractivity contribution in [3.63, 3.8) is 0 Å². The average molecular weight is 348 g/mol. The molecule has 1 amide bonds. The summed E-state index contributed by atoms with van der Waals surface area (Å²) in [6, 6.07) is 8.35. The molecule has 5 nitrogen and oxygen atoms in total. The first-order valence-electron chi connectivity index (χ1n) is 9.17. The Hall–Kier alpha value is -1.75. The molecule has 1 aliphatic heterocycles. The molecular weight excluding hydrogens is 316 g/mol. The van der Waals surface area contributed by atoms with Crippen LogP contribution in [-0.2, 0) is 4.74 Å². The SMILES string of the molecule is COc1ccccc1C(C)NCC1CCCCN1C(=O)OC(C)(C)C. The summed E-state index contributed by atoms with van der Waals surface area (Å²) in [4.78, 5) is 14.4. The van der Waals surface area contributed by atoms with Crippen LogP contribution in [0.1, 0.15) is 58.6 Å². The zero-order chi connectivity index (χ0) is 18.4. The van der Waals surface area contributed by atoms with E-state index in [-0.39, 0.29) is 18.2 Å². The summed E-state index contributed by atoms with van der Waals surface area (Å²) in [7, 11) is 1.69. The van der Waals surface area contributed by atoms with Gasteiger partial charge in [0.05, 0.1) is 7.11 Å². The molecule has 25 heavy (non-hydrogen) atoms. The van der Waals surface area contributed by atoms with E-state index in [1.165, 1.54) is 0 Å². The van der Waals surface area contributed by atoms with Gasteiger partial charge in [-0.15, -0.1) is 0 Å². The Labute approximate surface area is 151 Å². The van der Waals surface area contributed by atoms with E-state index in [1.807, 2.05) is 43.9 Å². The van der Waals surface area contributed by atoms with Gasteiger partial charge in [0.2, 0.25) is 0 Å². The number of piperidine rings is 1. The number of nitrogens with one attached hydrogen (secondary N) is 1. The number of hydrogen-bond donors (Lipinski definition) is 1. The molecular formula is C20H32N2O3. The molecule has 0 aromatic heterocycles. The fourth-order valence-corrected chi connectivity index (χ4v) is 3.22. The zero-order valence-corrected chi connectivity index (χ0v) is 16.2. The standard InChI is InChI=1S/C20H32N2O3/c1-15(17-11-6-7-12-18(17)24-5)21-14-16-10-8-9-13-22(16)19(23)25-20(2,3)4/h6-7,11-12,15-16,21H,8-10,13-14H2,1-5H3. The van der Waals surface area contributed by atoms with Gasteiger partial charge in [0.25, 0.3) is 0 Å². The average Bonchev–Trinajstić information content (AvgIpc) is 2.58. The van der Waals surface area contributed by atoms with Crippen molar-refractivity contribution >= 4 is 6.09 Å². The van der Waals surface area contributed by atoms with Gasteiger partial charge in [-0.3, -0.25) is 0 Å². The van der Waals surface area contributed by atoms with Crippen LogP contribution in [0.5, 0.6) is 5.75 Å². The number of carbonyl (C=O) groups is 1. The monoisotopic (exact) mass is 348 g/mol. The molecule has 0 spiro atoms. The van der Waals surface area contributed by atoms with Crippen LogP contribution in [0.3, 0.4) is 0 Å². The van der Waals surface area contributed by atoms with Crippen molar-refractivity contribution in [1.29, 1.82) is 0 Å². The van der Waals surface area contributed by atoms with E-state index in [0.29, 0.717) is 0 Å². The fraction of sp³-hybridized carbons (Fsp3) is 0.650. The second-order valence-corrected chi connectivity index (χ2v) is 7.70. The number of para-hydroxylation sites is 1. The number of hydrogen-bond acceptors (Lipinski definition) is 4. The van der Waals surface area contributed by atoms with Crippen molar-refractivity contribution in [3.8, 4) is 5.75 Å². The quantitative estimate of drug-likeness (QED) is 0.869. The molecule has 140 valence electrons. The van der Waals surface area contributed by atoms with Gasteiger partial charge in [0, 0.05) is 30.7 Å². The highest BCUT2D eigenvalue weighted by Gasteiger charge is 2.30. The Morgan fingerprint density at radius 2 is 2.04 bits per heavy atom. The van der Waals surface area contributed by atoms with Crippen molar-refractivity contribution < 1.29 is 14.3 Å². The van der Waals surface area contributed by atoms with Crippen LogP contribution < -0.4 is 10.1 Å². The van der Waals surface area contributed by atoms with E-state index >= 15 is 0 Å². The topological polar surface area (TPSA) is 50.8 Å². The molecule has 0 saturated carbocycles. The Morgan fingerprint density at radius 3 is 2.72 bits per heavy atom. The summed E-state index contributed by atoms with van der Waals surface area (Å²) in [5, 5.41) is 3.56. The summed E-state index contributed by atoms with van der Waals surface area (Å²) >= 11 is 0. The summed E-state index contributed by atoms with van der Waals surface area (Å²) in [5.74, 6) is 0.884. The lowest BCUT2D eigenvalue weighted by atomic mass is 10.0. The van der Waals surface area contributed by atoms with Gasteiger partial charge < -0.3 is 19.7 Å². The minimum Gasteiger partial charge on any atom is -0.496 e. The summed E-state index contributed by atoms with van der Waals surface area (Å²) in [6.07, 6.45) is 2.99. The summed E-state index contributed by atoms with van der Waals surface area (Å²) in [6.45, 7) is 9.37. The first-order valence-corrected chi connectivity index (χ1v) is 9.17. The molecule has 2 rings (SSSR count). The summed E-state index contributed by atoms with van der Waals surface area (Å²) < 4.78 is 11.0. The van der Waals surface area contributed by atoms with Gasteiger partial charge in [0.15, 0.2) is 0 Å². The van der Waals surface area contributed by atoms with Crippen LogP contribution >= 0.6 is 0 Å². The Bertz CT molecular complexity index is 568. The highest BCUT2D eigenvalue weighted by Crippen LogP contribution is 2.25. The lowest BCUT2D eigenvalue weighted by Crippen LogP contribution is -2.50. The maximum Gasteiger partial charge on any atom is 0.410 e. The lowest BCUT2D eigenvalue weighted by Gasteiger charge is -2.37. The van der Waals surface area contributed by atoms with E-state index in [0.717, 1.165) is 43.7 Å². The molecule has 0 bridgehead atoms. The second kappa shape index (κ2) is 8.56. The summed E-state index contributed by atoms with van der Waals surface area (Å²) in [5.41, 5.74) is 0.668. The molecule has 0 aliphatic carbocycles. The van der Waals surface area contributed by atoms with E-state index in [4.69, 9.17) is 9.47 Å². The Balaban J connectivity index is 1.98. The van der Waals surface area contributed by atoms with Crippen molar-refractivity contribution in [1.82, 2.24) is 10.2 Å². The van der Waals surface area contributed by atoms with Gasteiger partial charge in [-0.25, -0.2) is 4.79 Å². The maximum atomic E-state index is 12.5. The largest absolute Gasteiger partial charge is 0.496 e. The van der Waals surface area contributed by atoms with E-state index < -0.39 is 5.60 Å². The predicted octanol–water partition coefficient (Wildman–Crippen LogP) is 4.14. The number of carbonyl (C=O) groups excluding carboxylic acids is 1. The van der Waals surface area contributed by atoms with E-state index in [2.05, 4.69) is 18.3 Å². The third-order valence-electron chi connectivity index (χ3n) is 4.52. The van der Waals surface area contributed by atoms with Crippen LogP contribution in [0, 0.1) is 0 Å². The highest BCUT2D eigenvalue weighted by molar-refractivity contribution is 5.68. The van der Waals surface area contributed by atoms with Gasteiger partial charge in [-0.2, -0.15) is 0 Å². The van der Waals surface area contributed by atoms with Crippen molar-refractivity contribution in [3.05, 3.63) is 29.8 Å². The molecule has 1 heterocycles. The fourth-order valence-electron chi connectivity index (χ4n) is 3.22. The molecule has 1 aliphatic rings. The number of nitrogens with zero attached hydrogens (tertiary/aromatic N) is 1. The Morgan fingerprint density at radius 1 is 1.32 bits per heavy atom. The lowest BCUT2D eigenvalue weighted by molar-refractivity contribution is 0.00969. The zero-order valence-electron chi connectivity index (χ0n) is 16.2. The van der Waals surface area contributed by atoms with Crippen LogP contribution in [0.4, 0.5) is 4.79 Å². The van der Waals surface area contributed by atoms with Crippen molar-refractivity contribution in [2.75, 3.05) is 20.2 Å². The van der Waals surface area contributed by atoms with Crippen LogP contribution in [0.15, 0.2) is 24.3 Å². The smallest absolute Gasteiger partial charge is 0.410 e. The van der Waals surface area contributed by atoms with Gasteiger partial charge in [0.1, 0.15) is 11.4 Å². The first-order chi connectivity index (χ1) is 11.8. The van der Waals surface area contributed by atoms with Crippen LogP contribution in [0.25, 0.3) is 0 Å². The van der Waals surface area contributed by atoms with Crippen molar-refractivity contribution in [2.45, 2.75) is 64.6 Å². The normalized spacial score (nSPS) is 19.4. The van der Waals surface area contributed by atoms with Gasteiger partial charge >= 0.3 is 6.09 Å². The minimum atomic E-state index is -0.461. The third-order valence-corrected chi connectivity index (χ3v) is 4.52. The molecule has 2 unspecified atom stereocenters. The first kappa shape index (κ1) is 19.6. The minimum absolute atomic E-state index is 0.151. The highest BCUT2D eigenvalue weighted by atomic mass is 16.6. The van der Waals surface area contributed by atoms with Gasteiger partial charge in [-0.05, 0) is 53.0 Å². The van der Waals surface area contributed by atoms with Crippen LogP contribution in [0.2, 0.25) is 0 Å². The molecule has 1 fully saturated rings. The van der Waals surface area contributed by atoms with E-state index in [9.17, 15) is 4.79 Å². The molecule has 5 heteroatoms.